The minimum atomic E-state index is -0.747. The Morgan fingerprint density at radius 3 is 1.47 bits per heavy atom. The molecule has 0 spiro atoms. The summed E-state index contributed by atoms with van der Waals surface area (Å²) < 4.78 is 0. The second-order valence-electron chi connectivity index (χ2n) is 7.42. The molecule has 1 N–H and O–H groups in total. The Morgan fingerprint density at radius 2 is 1.24 bits per heavy atom. The van der Waals surface area contributed by atoms with Gasteiger partial charge in [0.05, 0.1) is 5.41 Å². The fourth-order valence-electron chi connectivity index (χ4n) is 2.34. The highest BCUT2D eigenvalue weighted by Gasteiger charge is 2.56. The standard InChI is InChI=1S/C15H30O2/c1-10-12(2,3)14(6,7)15(8,9)13(4,5)11(16)17/h10H2,1-9H3,(H,16,17). The molecule has 0 bridgehead atoms. The van der Waals surface area contributed by atoms with Gasteiger partial charge < -0.3 is 5.11 Å². The molecule has 0 aliphatic rings. The van der Waals surface area contributed by atoms with E-state index >= 15 is 0 Å². The van der Waals surface area contributed by atoms with Crippen LogP contribution >= 0.6 is 0 Å². The summed E-state index contributed by atoms with van der Waals surface area (Å²) in [5.74, 6) is -0.720. The molecule has 0 aliphatic carbocycles. The van der Waals surface area contributed by atoms with E-state index in [0.717, 1.165) is 6.42 Å². The van der Waals surface area contributed by atoms with Crippen molar-refractivity contribution >= 4 is 5.97 Å². The van der Waals surface area contributed by atoms with Gasteiger partial charge in [0.1, 0.15) is 0 Å². The predicted molar refractivity (Wildman–Crippen MR) is 73.1 cm³/mol. The van der Waals surface area contributed by atoms with Gasteiger partial charge in [-0.05, 0) is 30.1 Å². The molecule has 0 saturated heterocycles. The lowest BCUT2D eigenvalue weighted by Crippen LogP contribution is -2.54. The zero-order chi connectivity index (χ0) is 14.3. The quantitative estimate of drug-likeness (QED) is 0.766. The van der Waals surface area contributed by atoms with E-state index in [2.05, 4.69) is 48.5 Å². The van der Waals surface area contributed by atoms with Crippen molar-refractivity contribution < 1.29 is 9.90 Å². The summed E-state index contributed by atoms with van der Waals surface area (Å²) in [4.78, 5) is 11.5. The van der Waals surface area contributed by atoms with E-state index in [0.29, 0.717) is 0 Å². The molecule has 0 fully saturated rings. The van der Waals surface area contributed by atoms with Crippen LogP contribution in [0, 0.1) is 21.7 Å². The van der Waals surface area contributed by atoms with Crippen molar-refractivity contribution in [3.63, 3.8) is 0 Å². The fourth-order valence-corrected chi connectivity index (χ4v) is 2.34. The Balaban J connectivity index is 5.69. The van der Waals surface area contributed by atoms with Gasteiger partial charge in [-0.1, -0.05) is 54.9 Å². The van der Waals surface area contributed by atoms with Crippen molar-refractivity contribution in [2.75, 3.05) is 0 Å². The van der Waals surface area contributed by atoms with Gasteiger partial charge in [0.2, 0.25) is 0 Å². The molecule has 0 aromatic carbocycles. The summed E-state index contributed by atoms with van der Waals surface area (Å²) in [6.07, 6.45) is 1.04. The Kier molecular flexibility index (Phi) is 4.16. The lowest BCUT2D eigenvalue weighted by Gasteiger charge is -2.57. The van der Waals surface area contributed by atoms with Crippen LogP contribution in [0.5, 0.6) is 0 Å². The first-order chi connectivity index (χ1) is 7.25. The van der Waals surface area contributed by atoms with Gasteiger partial charge in [0, 0.05) is 0 Å². The average Bonchev–Trinajstić information content (AvgIpc) is 2.16. The summed E-state index contributed by atoms with van der Waals surface area (Å²) in [6.45, 7) is 18.9. The zero-order valence-corrected chi connectivity index (χ0v) is 13.1. The van der Waals surface area contributed by atoms with Gasteiger partial charge in [-0.15, -0.1) is 0 Å². The zero-order valence-electron chi connectivity index (χ0n) is 13.1. The lowest BCUT2D eigenvalue weighted by molar-refractivity contribution is -0.168. The van der Waals surface area contributed by atoms with Gasteiger partial charge in [-0.2, -0.15) is 0 Å². The molecule has 0 aromatic rings. The second kappa shape index (κ2) is 4.29. The molecule has 17 heavy (non-hydrogen) atoms. The molecule has 0 rings (SSSR count). The molecule has 2 heteroatoms. The number of hydrogen-bond donors (Lipinski definition) is 1. The van der Waals surface area contributed by atoms with Crippen molar-refractivity contribution in [3.05, 3.63) is 0 Å². The SMILES string of the molecule is CCC(C)(C)C(C)(C)C(C)(C)C(C)(C)C(=O)O. The van der Waals surface area contributed by atoms with Crippen LogP contribution in [0.25, 0.3) is 0 Å². The van der Waals surface area contributed by atoms with Crippen LogP contribution in [0.4, 0.5) is 0 Å². The van der Waals surface area contributed by atoms with E-state index in [1.807, 2.05) is 13.8 Å². The fraction of sp³-hybridized carbons (Fsp3) is 0.933. The van der Waals surface area contributed by atoms with Crippen LogP contribution in [-0.2, 0) is 4.79 Å². The summed E-state index contributed by atoms with van der Waals surface area (Å²) >= 11 is 0. The number of carboxylic acids is 1. The Hall–Kier alpha value is -0.530. The molecule has 2 nitrogen and oxygen atoms in total. The minimum Gasteiger partial charge on any atom is -0.481 e. The van der Waals surface area contributed by atoms with Crippen LogP contribution in [0.1, 0.15) is 68.7 Å². The number of aliphatic carboxylic acids is 1. The summed E-state index contributed by atoms with van der Waals surface area (Å²) in [5.41, 5.74) is -1.02. The van der Waals surface area contributed by atoms with Crippen LogP contribution in [0.15, 0.2) is 0 Å². The predicted octanol–water partition coefficient (Wildman–Crippen LogP) is 4.59. The maximum Gasteiger partial charge on any atom is 0.309 e. The highest BCUT2D eigenvalue weighted by Crippen LogP contribution is 2.59. The summed E-state index contributed by atoms with van der Waals surface area (Å²) in [7, 11) is 0. The van der Waals surface area contributed by atoms with Gasteiger partial charge in [-0.25, -0.2) is 0 Å². The third-order valence-corrected chi connectivity index (χ3v) is 6.24. The smallest absolute Gasteiger partial charge is 0.309 e. The molecule has 0 unspecified atom stereocenters. The van der Waals surface area contributed by atoms with Gasteiger partial charge in [0.25, 0.3) is 0 Å². The van der Waals surface area contributed by atoms with E-state index in [9.17, 15) is 9.90 Å². The first kappa shape index (κ1) is 16.5. The van der Waals surface area contributed by atoms with E-state index in [1.54, 1.807) is 0 Å². The molecule has 0 amide bonds. The van der Waals surface area contributed by atoms with Crippen LogP contribution < -0.4 is 0 Å². The second-order valence-corrected chi connectivity index (χ2v) is 7.42. The maximum atomic E-state index is 11.5. The molecular weight excluding hydrogens is 212 g/mol. The first-order valence-electron chi connectivity index (χ1n) is 6.49. The largest absolute Gasteiger partial charge is 0.481 e. The molecule has 0 radical (unpaired) electrons. The molecule has 0 aliphatic heterocycles. The molecule has 0 saturated carbocycles. The van der Waals surface area contributed by atoms with Crippen molar-refractivity contribution in [2.24, 2.45) is 21.7 Å². The van der Waals surface area contributed by atoms with E-state index < -0.39 is 11.4 Å². The van der Waals surface area contributed by atoms with Crippen molar-refractivity contribution in [3.8, 4) is 0 Å². The Morgan fingerprint density at radius 1 is 0.882 bits per heavy atom. The third-order valence-electron chi connectivity index (χ3n) is 6.24. The number of carbonyl (C=O) groups is 1. The van der Waals surface area contributed by atoms with E-state index in [-0.39, 0.29) is 16.2 Å². The van der Waals surface area contributed by atoms with Crippen molar-refractivity contribution in [1.29, 1.82) is 0 Å². The van der Waals surface area contributed by atoms with Crippen LogP contribution in [0.3, 0.4) is 0 Å². The summed E-state index contributed by atoms with van der Waals surface area (Å²) in [5, 5.41) is 9.48. The number of carboxylic acid groups (broad SMARTS) is 1. The number of hydrogen-bond acceptors (Lipinski definition) is 1. The van der Waals surface area contributed by atoms with Crippen LogP contribution in [-0.4, -0.2) is 11.1 Å². The van der Waals surface area contributed by atoms with Gasteiger partial charge in [0.15, 0.2) is 0 Å². The third kappa shape index (κ3) is 2.23. The van der Waals surface area contributed by atoms with E-state index in [4.69, 9.17) is 0 Å². The van der Waals surface area contributed by atoms with Gasteiger partial charge in [-0.3, -0.25) is 4.79 Å². The normalized spacial score (nSPS) is 14.9. The van der Waals surface area contributed by atoms with Gasteiger partial charge >= 0.3 is 5.97 Å². The molecule has 0 heterocycles. The summed E-state index contributed by atoms with van der Waals surface area (Å²) in [6, 6.07) is 0. The molecule has 0 atom stereocenters. The molecule has 0 aromatic heterocycles. The minimum absolute atomic E-state index is 0.0728. The number of rotatable bonds is 5. The molecule has 102 valence electrons. The van der Waals surface area contributed by atoms with Crippen LogP contribution in [0.2, 0.25) is 0 Å². The maximum absolute atomic E-state index is 11.5. The lowest BCUT2D eigenvalue weighted by atomic mass is 9.47. The Bertz CT molecular complexity index is 296. The van der Waals surface area contributed by atoms with E-state index in [1.165, 1.54) is 0 Å². The Labute approximate surface area is 107 Å². The topological polar surface area (TPSA) is 37.3 Å². The van der Waals surface area contributed by atoms with Crippen molar-refractivity contribution in [2.45, 2.75) is 68.7 Å². The first-order valence-corrected chi connectivity index (χ1v) is 6.49. The molecular formula is C15H30O2. The highest BCUT2D eigenvalue weighted by atomic mass is 16.4. The van der Waals surface area contributed by atoms with Crippen molar-refractivity contribution in [1.82, 2.24) is 0 Å². The highest BCUT2D eigenvalue weighted by molar-refractivity contribution is 5.74. The monoisotopic (exact) mass is 242 g/mol. The average molecular weight is 242 g/mol.